The topological polar surface area (TPSA) is 66.8 Å². The number of nitrogens with two attached hydrogens (primary N) is 1. The van der Waals surface area contributed by atoms with Crippen molar-refractivity contribution in [3.8, 4) is 6.07 Å². The Morgan fingerprint density at radius 1 is 1.28 bits per heavy atom. The summed E-state index contributed by atoms with van der Waals surface area (Å²) in [4.78, 5) is 0. The zero-order chi connectivity index (χ0) is 20.6. The lowest BCUT2D eigenvalue weighted by Crippen LogP contribution is -2.34. The Balaban J connectivity index is 1.92. The van der Waals surface area contributed by atoms with Gasteiger partial charge in [-0.3, -0.25) is 0 Å². The molecule has 3 atom stereocenters. The van der Waals surface area contributed by atoms with Gasteiger partial charge in [0.05, 0.1) is 11.6 Å². The van der Waals surface area contributed by atoms with Gasteiger partial charge in [-0.2, -0.15) is 5.26 Å². The molecule has 1 aliphatic rings. The molecule has 2 aromatic rings. The van der Waals surface area contributed by atoms with Crippen molar-refractivity contribution in [2.24, 2.45) is 5.73 Å². The molecule has 29 heavy (non-hydrogen) atoms. The predicted octanol–water partition coefficient (Wildman–Crippen LogP) is 5.62. The minimum atomic E-state index is 0.543. The van der Waals surface area contributed by atoms with Gasteiger partial charge in [0, 0.05) is 29.2 Å². The van der Waals surface area contributed by atoms with Crippen LogP contribution in [0.5, 0.6) is 0 Å². The van der Waals surface area contributed by atoms with E-state index in [4.69, 9.17) is 5.73 Å². The van der Waals surface area contributed by atoms with Crippen LogP contribution in [0.2, 0.25) is 0 Å². The maximum atomic E-state index is 9.46. The van der Waals surface area contributed by atoms with Crippen LogP contribution in [0, 0.1) is 11.3 Å². The third kappa shape index (κ3) is 5.21. The van der Waals surface area contributed by atoms with E-state index in [9.17, 15) is 5.26 Å². The zero-order valence-corrected chi connectivity index (χ0v) is 18.3. The molecule has 0 radical (unpaired) electrons. The Hall–Kier alpha value is -1.83. The molecule has 4 nitrogen and oxygen atoms in total. The summed E-state index contributed by atoms with van der Waals surface area (Å²) in [5, 5.41) is 14.5. The van der Waals surface area contributed by atoms with Gasteiger partial charge in [-0.15, -0.1) is 0 Å². The molecule has 3 rings (SSSR count). The Morgan fingerprint density at radius 3 is 2.86 bits per heavy atom. The number of hydrogen-bond acceptors (Lipinski definition) is 3. The number of unbranched alkanes of at least 4 members (excludes halogenated alkanes) is 1. The number of fused-ring (bicyclic) bond motifs is 1. The summed E-state index contributed by atoms with van der Waals surface area (Å²) in [5.74, 6) is 0.570. The van der Waals surface area contributed by atoms with Crippen LogP contribution in [-0.4, -0.2) is 23.7 Å². The number of benzene rings is 1. The molecule has 1 heterocycles. The highest BCUT2D eigenvalue weighted by Gasteiger charge is 2.26. The first kappa shape index (κ1) is 21.9. The fourth-order valence-electron chi connectivity index (χ4n) is 5.02. The monoisotopic (exact) mass is 394 g/mol. The van der Waals surface area contributed by atoms with Gasteiger partial charge in [0.1, 0.15) is 0 Å². The molecule has 1 saturated carbocycles. The van der Waals surface area contributed by atoms with Crippen molar-refractivity contribution in [1.29, 1.82) is 5.26 Å². The number of rotatable bonds is 10. The summed E-state index contributed by atoms with van der Waals surface area (Å²) >= 11 is 0. The van der Waals surface area contributed by atoms with Gasteiger partial charge in [0.2, 0.25) is 0 Å². The number of nitrogens with one attached hydrogen (secondary N) is 1. The van der Waals surface area contributed by atoms with E-state index in [-0.39, 0.29) is 0 Å². The van der Waals surface area contributed by atoms with Gasteiger partial charge in [0.25, 0.3) is 0 Å². The summed E-state index contributed by atoms with van der Waals surface area (Å²) in [7, 11) is 0. The Labute approximate surface area is 176 Å². The third-order valence-corrected chi connectivity index (χ3v) is 6.68. The van der Waals surface area contributed by atoms with E-state index in [0.717, 1.165) is 31.5 Å². The van der Waals surface area contributed by atoms with E-state index in [0.29, 0.717) is 18.0 Å². The molecule has 0 bridgehead atoms. The largest absolute Gasteiger partial charge is 0.344 e. The SMILES string of the molecule is CCCCC(CC)n1cc(C2CCCC(NCCCN)C2)c2cc(C#N)ccc21. The van der Waals surface area contributed by atoms with Crippen LogP contribution in [0.3, 0.4) is 0 Å². The number of hydrogen-bond donors (Lipinski definition) is 2. The molecule has 158 valence electrons. The first-order valence-electron chi connectivity index (χ1n) is 11.7. The number of nitriles is 1. The molecule has 1 aromatic carbocycles. The minimum absolute atomic E-state index is 0.543. The zero-order valence-electron chi connectivity index (χ0n) is 18.3. The first-order valence-corrected chi connectivity index (χ1v) is 11.7. The summed E-state index contributed by atoms with van der Waals surface area (Å²) in [5.41, 5.74) is 9.19. The molecular formula is C25H38N4. The van der Waals surface area contributed by atoms with Crippen LogP contribution in [0.4, 0.5) is 0 Å². The van der Waals surface area contributed by atoms with Crippen molar-refractivity contribution in [2.75, 3.05) is 13.1 Å². The molecule has 1 aliphatic carbocycles. The highest BCUT2D eigenvalue weighted by molar-refractivity contribution is 5.86. The van der Waals surface area contributed by atoms with Crippen LogP contribution >= 0.6 is 0 Å². The predicted molar refractivity (Wildman–Crippen MR) is 122 cm³/mol. The van der Waals surface area contributed by atoms with E-state index in [2.05, 4.69) is 48.1 Å². The van der Waals surface area contributed by atoms with Crippen LogP contribution in [0.1, 0.15) is 94.7 Å². The fraction of sp³-hybridized carbons (Fsp3) is 0.640. The van der Waals surface area contributed by atoms with Crippen LogP contribution in [0.25, 0.3) is 10.9 Å². The van der Waals surface area contributed by atoms with Crippen molar-refractivity contribution in [2.45, 2.75) is 89.6 Å². The molecule has 3 unspecified atom stereocenters. The van der Waals surface area contributed by atoms with Crippen molar-refractivity contribution in [3.63, 3.8) is 0 Å². The average Bonchev–Trinajstić information content (AvgIpc) is 3.13. The Morgan fingerprint density at radius 2 is 2.14 bits per heavy atom. The highest BCUT2D eigenvalue weighted by Crippen LogP contribution is 2.39. The van der Waals surface area contributed by atoms with Crippen LogP contribution in [0.15, 0.2) is 24.4 Å². The molecule has 1 fully saturated rings. The van der Waals surface area contributed by atoms with Crippen LogP contribution in [-0.2, 0) is 0 Å². The number of nitrogens with zero attached hydrogens (tertiary/aromatic N) is 2. The molecule has 0 spiro atoms. The van der Waals surface area contributed by atoms with Gasteiger partial charge in [0.15, 0.2) is 0 Å². The molecule has 0 aliphatic heterocycles. The lowest BCUT2D eigenvalue weighted by molar-refractivity contribution is 0.339. The molecule has 0 amide bonds. The van der Waals surface area contributed by atoms with Gasteiger partial charge >= 0.3 is 0 Å². The van der Waals surface area contributed by atoms with Crippen molar-refractivity contribution in [3.05, 3.63) is 35.5 Å². The summed E-state index contributed by atoms with van der Waals surface area (Å²) < 4.78 is 2.52. The van der Waals surface area contributed by atoms with Gasteiger partial charge in [-0.1, -0.05) is 33.1 Å². The molecule has 0 saturated heterocycles. The van der Waals surface area contributed by atoms with Crippen molar-refractivity contribution >= 4 is 10.9 Å². The lowest BCUT2D eigenvalue weighted by Gasteiger charge is -2.30. The van der Waals surface area contributed by atoms with Gasteiger partial charge < -0.3 is 15.6 Å². The second kappa shape index (κ2) is 10.8. The van der Waals surface area contributed by atoms with E-state index in [1.54, 1.807) is 0 Å². The molecule has 1 aromatic heterocycles. The van der Waals surface area contributed by atoms with E-state index in [1.807, 2.05) is 6.07 Å². The van der Waals surface area contributed by atoms with Crippen molar-refractivity contribution in [1.82, 2.24) is 9.88 Å². The third-order valence-electron chi connectivity index (χ3n) is 6.68. The van der Waals surface area contributed by atoms with Crippen LogP contribution < -0.4 is 11.1 Å². The molecular weight excluding hydrogens is 356 g/mol. The maximum absolute atomic E-state index is 9.46. The normalized spacial score (nSPS) is 20.6. The molecule has 3 N–H and O–H groups in total. The van der Waals surface area contributed by atoms with E-state index in [1.165, 1.54) is 61.4 Å². The lowest BCUT2D eigenvalue weighted by atomic mass is 9.81. The number of aromatic nitrogens is 1. The standard InChI is InChI=1S/C25H38N4/c1-3-5-10-22(4-2)29-18-24(23-15-19(17-27)11-12-25(23)29)20-8-6-9-21(16-20)28-14-7-13-26/h11-12,15,18,20-22,28H,3-10,13-14,16,26H2,1-2H3. The van der Waals surface area contributed by atoms with E-state index >= 15 is 0 Å². The minimum Gasteiger partial charge on any atom is -0.344 e. The van der Waals surface area contributed by atoms with Gasteiger partial charge in [-0.25, -0.2) is 0 Å². The summed E-state index contributed by atoms with van der Waals surface area (Å²) in [6.07, 6.45) is 13.3. The van der Waals surface area contributed by atoms with Crippen molar-refractivity contribution < 1.29 is 0 Å². The van der Waals surface area contributed by atoms with Gasteiger partial charge in [-0.05, 0) is 81.3 Å². The maximum Gasteiger partial charge on any atom is 0.0991 e. The second-order valence-electron chi connectivity index (χ2n) is 8.70. The summed E-state index contributed by atoms with van der Waals surface area (Å²) in [6, 6.07) is 9.75. The summed E-state index contributed by atoms with van der Waals surface area (Å²) in [6.45, 7) is 6.34. The Kier molecular flexibility index (Phi) is 8.15. The quantitative estimate of drug-likeness (QED) is 0.514. The first-order chi connectivity index (χ1) is 14.2. The average molecular weight is 395 g/mol. The smallest absolute Gasteiger partial charge is 0.0991 e. The highest BCUT2D eigenvalue weighted by atomic mass is 15.0. The molecule has 4 heteroatoms. The van der Waals surface area contributed by atoms with E-state index < -0.39 is 0 Å². The Bertz CT molecular complexity index is 816. The fourth-order valence-corrected chi connectivity index (χ4v) is 5.02. The second-order valence-corrected chi connectivity index (χ2v) is 8.70.